The van der Waals surface area contributed by atoms with Crippen LogP contribution in [0.25, 0.3) is 0 Å². The number of piperidine rings is 1. The zero-order valence-electron chi connectivity index (χ0n) is 7.87. The van der Waals surface area contributed by atoms with Gasteiger partial charge in [-0.15, -0.1) is 6.58 Å². The molecular weight excluding hydrogens is 149 g/mol. The number of hydrogen-bond donors (Lipinski definition) is 1. The van der Waals surface area contributed by atoms with Crippen LogP contribution >= 0.6 is 0 Å². The van der Waals surface area contributed by atoms with Gasteiger partial charge in [0.25, 0.3) is 0 Å². The fraction of sp³-hybridized carbons (Fsp3) is 0.778. The number of rotatable bonds is 3. The summed E-state index contributed by atoms with van der Waals surface area (Å²) in [6.07, 6.45) is 6.67. The molecule has 68 valence electrons. The summed E-state index contributed by atoms with van der Waals surface area (Å²) >= 11 is 0. The maximum Gasteiger partial charge on any atom is 0.376 e. The van der Waals surface area contributed by atoms with Gasteiger partial charge in [0.1, 0.15) is 0 Å². The molecule has 1 N–H and O–H groups in total. The van der Waals surface area contributed by atoms with E-state index in [4.69, 9.17) is 0 Å². The lowest BCUT2D eigenvalue weighted by Crippen LogP contribution is -2.47. The van der Waals surface area contributed by atoms with E-state index in [1.165, 1.54) is 19.3 Å². The van der Waals surface area contributed by atoms with Crippen molar-refractivity contribution in [2.75, 3.05) is 6.54 Å². The Morgan fingerprint density at radius 3 is 3.00 bits per heavy atom. The van der Waals surface area contributed by atoms with Crippen LogP contribution in [0.1, 0.15) is 25.7 Å². The predicted octanol–water partition coefficient (Wildman–Crippen LogP) is 1.53. The van der Waals surface area contributed by atoms with Crippen LogP contribution in [0.5, 0.6) is 0 Å². The van der Waals surface area contributed by atoms with Crippen LogP contribution in [0.3, 0.4) is 0 Å². The summed E-state index contributed by atoms with van der Waals surface area (Å²) < 4.78 is 0. The zero-order valence-corrected chi connectivity index (χ0v) is 7.87. The van der Waals surface area contributed by atoms with Gasteiger partial charge in [-0.1, -0.05) is 12.5 Å². The third kappa shape index (κ3) is 2.36. The van der Waals surface area contributed by atoms with E-state index in [0.29, 0.717) is 6.04 Å². The molecule has 1 atom stereocenters. The van der Waals surface area contributed by atoms with E-state index in [2.05, 4.69) is 11.4 Å². The van der Waals surface area contributed by atoms with Crippen LogP contribution in [0.15, 0.2) is 12.7 Å². The second kappa shape index (κ2) is 4.68. The van der Waals surface area contributed by atoms with Crippen LogP contribution in [0.4, 0.5) is 0 Å². The van der Waals surface area contributed by atoms with Gasteiger partial charge in [-0.05, 0) is 32.6 Å². The van der Waals surface area contributed by atoms with Crippen LogP contribution in [-0.4, -0.2) is 29.5 Å². The van der Waals surface area contributed by atoms with Gasteiger partial charge >= 0.3 is 7.05 Å². The van der Waals surface area contributed by atoms with E-state index in [1.54, 1.807) is 0 Å². The van der Waals surface area contributed by atoms with Crippen LogP contribution in [0, 0.1) is 0 Å². The zero-order chi connectivity index (χ0) is 8.97. The summed E-state index contributed by atoms with van der Waals surface area (Å²) in [6.45, 7) is 6.63. The molecule has 0 bridgehead atoms. The molecule has 0 aromatic heterocycles. The Bertz CT molecular complexity index is 149. The Labute approximate surface area is 75.4 Å². The highest BCUT2D eigenvalue weighted by molar-refractivity contribution is 6.45. The molecule has 0 spiro atoms. The van der Waals surface area contributed by atoms with Crippen LogP contribution in [0.2, 0.25) is 6.82 Å². The third-order valence-electron chi connectivity index (χ3n) is 2.59. The second-order valence-corrected chi connectivity index (χ2v) is 3.54. The highest BCUT2D eigenvalue weighted by Gasteiger charge is 2.26. The molecule has 2 nitrogen and oxygen atoms in total. The molecule has 1 aliphatic rings. The van der Waals surface area contributed by atoms with Gasteiger partial charge in [0.05, 0.1) is 0 Å². The molecule has 0 amide bonds. The van der Waals surface area contributed by atoms with Gasteiger partial charge in [-0.25, -0.2) is 0 Å². The topological polar surface area (TPSA) is 23.5 Å². The highest BCUT2D eigenvalue weighted by Crippen LogP contribution is 2.20. The van der Waals surface area contributed by atoms with E-state index >= 15 is 0 Å². The predicted molar refractivity (Wildman–Crippen MR) is 53.0 cm³/mol. The van der Waals surface area contributed by atoms with Gasteiger partial charge in [0, 0.05) is 6.04 Å². The molecule has 1 aliphatic heterocycles. The smallest absolute Gasteiger partial charge is 0.376 e. The first-order chi connectivity index (χ1) is 5.75. The van der Waals surface area contributed by atoms with E-state index in [-0.39, 0.29) is 7.05 Å². The molecule has 0 saturated carbocycles. The molecule has 0 aromatic carbocycles. The maximum atomic E-state index is 9.47. The average molecular weight is 167 g/mol. The number of nitrogens with zero attached hydrogens (tertiary/aromatic N) is 1. The number of hydrogen-bond acceptors (Lipinski definition) is 2. The fourth-order valence-corrected chi connectivity index (χ4v) is 1.96. The molecular formula is C9H18BNO. The standard InChI is InChI=1S/C9H18BNO/c1-3-6-9-7-4-5-8-11(9)10(2)12/h3,9,12H,1,4-8H2,2H3. The van der Waals surface area contributed by atoms with Crippen molar-refractivity contribution in [2.24, 2.45) is 0 Å². The summed E-state index contributed by atoms with van der Waals surface area (Å²) in [4.78, 5) is 2.17. The molecule has 1 unspecified atom stereocenters. The van der Waals surface area contributed by atoms with Crippen molar-refractivity contribution in [2.45, 2.75) is 38.5 Å². The van der Waals surface area contributed by atoms with E-state index in [1.807, 2.05) is 12.9 Å². The lowest BCUT2D eigenvalue weighted by atomic mass is 9.79. The van der Waals surface area contributed by atoms with Crippen molar-refractivity contribution >= 4 is 7.05 Å². The summed E-state index contributed by atoms with van der Waals surface area (Å²) in [6, 6.07) is 0.524. The monoisotopic (exact) mass is 167 g/mol. The van der Waals surface area contributed by atoms with Crippen molar-refractivity contribution in [3.8, 4) is 0 Å². The molecule has 1 rings (SSSR count). The van der Waals surface area contributed by atoms with Crippen molar-refractivity contribution in [3.05, 3.63) is 12.7 Å². The summed E-state index contributed by atoms with van der Waals surface area (Å²) in [5.74, 6) is 0. The molecule has 0 radical (unpaired) electrons. The molecule has 1 saturated heterocycles. The van der Waals surface area contributed by atoms with E-state index < -0.39 is 0 Å². The Hall–Kier alpha value is -0.275. The first-order valence-corrected chi connectivity index (χ1v) is 4.80. The summed E-state index contributed by atoms with van der Waals surface area (Å²) in [5.41, 5.74) is 0. The fourth-order valence-electron chi connectivity index (χ4n) is 1.96. The van der Waals surface area contributed by atoms with Gasteiger partial charge < -0.3 is 9.83 Å². The molecule has 1 fully saturated rings. The van der Waals surface area contributed by atoms with Crippen molar-refractivity contribution in [1.29, 1.82) is 0 Å². The van der Waals surface area contributed by atoms with Gasteiger partial charge in [-0.2, -0.15) is 0 Å². The Kier molecular flexibility index (Phi) is 3.82. The van der Waals surface area contributed by atoms with E-state index in [0.717, 1.165) is 13.0 Å². The van der Waals surface area contributed by atoms with Gasteiger partial charge in [0.15, 0.2) is 0 Å². The Morgan fingerprint density at radius 2 is 2.42 bits per heavy atom. The van der Waals surface area contributed by atoms with Gasteiger partial charge in [0.2, 0.25) is 0 Å². The maximum absolute atomic E-state index is 9.47. The Balaban J connectivity index is 2.47. The van der Waals surface area contributed by atoms with Crippen molar-refractivity contribution in [1.82, 2.24) is 4.81 Å². The normalized spacial score (nSPS) is 25.3. The lowest BCUT2D eigenvalue weighted by Gasteiger charge is -2.36. The first kappa shape index (κ1) is 9.81. The average Bonchev–Trinajstić information content (AvgIpc) is 2.05. The first-order valence-electron chi connectivity index (χ1n) is 4.80. The Morgan fingerprint density at radius 1 is 1.67 bits per heavy atom. The SMILES string of the molecule is C=CCC1CCCCN1B(C)O. The van der Waals surface area contributed by atoms with Crippen molar-refractivity contribution < 1.29 is 5.02 Å². The largest absolute Gasteiger partial charge is 0.437 e. The molecule has 0 aliphatic carbocycles. The van der Waals surface area contributed by atoms with Gasteiger partial charge in [-0.3, -0.25) is 0 Å². The molecule has 1 heterocycles. The quantitative estimate of drug-likeness (QED) is 0.508. The van der Waals surface area contributed by atoms with Crippen LogP contribution in [-0.2, 0) is 0 Å². The molecule has 0 aromatic rings. The van der Waals surface area contributed by atoms with E-state index in [9.17, 15) is 5.02 Å². The minimum absolute atomic E-state index is 0.296. The summed E-state index contributed by atoms with van der Waals surface area (Å²) in [7, 11) is -0.296. The second-order valence-electron chi connectivity index (χ2n) is 3.54. The van der Waals surface area contributed by atoms with Crippen LogP contribution < -0.4 is 0 Å². The lowest BCUT2D eigenvalue weighted by molar-refractivity contribution is 0.226. The minimum atomic E-state index is -0.296. The summed E-state index contributed by atoms with van der Waals surface area (Å²) in [5, 5.41) is 9.47. The van der Waals surface area contributed by atoms with Crippen molar-refractivity contribution in [3.63, 3.8) is 0 Å². The minimum Gasteiger partial charge on any atom is -0.437 e. The third-order valence-corrected chi connectivity index (χ3v) is 2.59. The molecule has 3 heteroatoms. The highest BCUT2D eigenvalue weighted by atomic mass is 16.2. The molecule has 12 heavy (non-hydrogen) atoms.